The number of imidazole rings is 1. The number of rotatable bonds is 7. The first-order chi connectivity index (χ1) is 15.2. The van der Waals surface area contributed by atoms with E-state index in [0.29, 0.717) is 24.3 Å². The number of benzene rings is 2. The molecule has 0 saturated carbocycles. The molecule has 0 aliphatic rings. The molecule has 5 rings (SSSR count). The van der Waals surface area contributed by atoms with Gasteiger partial charge >= 0.3 is 5.69 Å². The van der Waals surface area contributed by atoms with Gasteiger partial charge in [-0.05, 0) is 30.7 Å². The minimum Gasteiger partial charge on any atom is -0.306 e. The summed E-state index contributed by atoms with van der Waals surface area (Å²) in [6, 6.07) is 15.1. The number of H-pyrrole nitrogens is 1. The first-order valence-corrected chi connectivity index (χ1v) is 11.0. The van der Waals surface area contributed by atoms with Crippen LogP contribution in [0.15, 0.2) is 75.9 Å². The van der Waals surface area contributed by atoms with Crippen LogP contribution in [-0.4, -0.2) is 34.5 Å². The number of allylic oxidation sites excluding steroid dienone is 1. The van der Waals surface area contributed by atoms with Crippen molar-refractivity contribution in [3.8, 4) is 0 Å². The van der Waals surface area contributed by atoms with Crippen molar-refractivity contribution in [2.24, 2.45) is 0 Å². The van der Waals surface area contributed by atoms with Gasteiger partial charge in [0.1, 0.15) is 0 Å². The second-order valence-corrected chi connectivity index (χ2v) is 8.20. The second kappa shape index (κ2) is 7.92. The zero-order valence-electron chi connectivity index (χ0n) is 16.7. The van der Waals surface area contributed by atoms with Gasteiger partial charge in [0, 0.05) is 18.8 Å². The smallest absolute Gasteiger partial charge is 0.306 e. The molecule has 0 atom stereocenters. The van der Waals surface area contributed by atoms with Gasteiger partial charge in [-0.1, -0.05) is 42.1 Å². The van der Waals surface area contributed by atoms with Crippen LogP contribution >= 0.6 is 11.8 Å². The third kappa shape index (κ3) is 3.27. The maximum absolute atomic E-state index is 12.9. The topological polar surface area (TPSA) is 90.0 Å². The van der Waals surface area contributed by atoms with Crippen LogP contribution in [0.5, 0.6) is 0 Å². The number of aromatic amines is 1. The molecule has 3 heterocycles. The molecular weight excluding hydrogens is 412 g/mol. The zero-order chi connectivity index (χ0) is 21.4. The number of nitrogens with zero attached hydrogens (tertiary/aromatic N) is 5. The van der Waals surface area contributed by atoms with Crippen molar-refractivity contribution in [2.75, 3.05) is 5.75 Å². The summed E-state index contributed by atoms with van der Waals surface area (Å²) in [6.07, 6.45) is 2.46. The predicted molar refractivity (Wildman–Crippen MR) is 123 cm³/mol. The Hall–Kier alpha value is -3.59. The molecule has 0 fully saturated rings. The Morgan fingerprint density at radius 2 is 1.77 bits per heavy atom. The Morgan fingerprint density at radius 3 is 2.61 bits per heavy atom. The Morgan fingerprint density at radius 1 is 1.00 bits per heavy atom. The van der Waals surface area contributed by atoms with Crippen LogP contribution in [0.2, 0.25) is 0 Å². The maximum atomic E-state index is 12.9. The largest absolute Gasteiger partial charge is 0.326 e. The van der Waals surface area contributed by atoms with Gasteiger partial charge in [0.05, 0.1) is 21.9 Å². The lowest BCUT2D eigenvalue weighted by molar-refractivity contribution is 0.679. The Bertz CT molecular complexity index is 1540. The normalized spacial score (nSPS) is 11.6. The Kier molecular flexibility index (Phi) is 4.95. The van der Waals surface area contributed by atoms with Crippen molar-refractivity contribution < 1.29 is 0 Å². The van der Waals surface area contributed by atoms with Crippen molar-refractivity contribution >= 4 is 39.5 Å². The van der Waals surface area contributed by atoms with Crippen molar-refractivity contribution in [3.05, 3.63) is 82.0 Å². The van der Waals surface area contributed by atoms with Gasteiger partial charge in [0.2, 0.25) is 5.78 Å². The molecule has 0 spiro atoms. The number of para-hydroxylation sites is 3. The molecule has 2 aromatic carbocycles. The van der Waals surface area contributed by atoms with Crippen LogP contribution in [0.4, 0.5) is 0 Å². The van der Waals surface area contributed by atoms with E-state index in [-0.39, 0.29) is 11.2 Å². The fraction of sp³-hybridized carbons (Fsp3) is 0.182. The summed E-state index contributed by atoms with van der Waals surface area (Å²) >= 11 is 1.56. The number of aryl methyl sites for hydroxylation is 1. The van der Waals surface area contributed by atoms with E-state index in [9.17, 15) is 9.59 Å². The molecule has 3 aromatic heterocycles. The number of fused-ring (bicyclic) bond motifs is 4. The van der Waals surface area contributed by atoms with Gasteiger partial charge in [-0.25, -0.2) is 4.79 Å². The first kappa shape index (κ1) is 19.4. The molecule has 156 valence electrons. The third-order valence-corrected chi connectivity index (χ3v) is 6.24. The van der Waals surface area contributed by atoms with Crippen LogP contribution in [0, 0.1) is 0 Å². The third-order valence-electron chi connectivity index (χ3n) is 5.23. The molecule has 0 unspecified atom stereocenters. The van der Waals surface area contributed by atoms with Crippen LogP contribution < -0.4 is 11.2 Å². The fourth-order valence-corrected chi connectivity index (χ4v) is 4.70. The van der Waals surface area contributed by atoms with Crippen molar-refractivity contribution in [1.29, 1.82) is 0 Å². The lowest BCUT2D eigenvalue weighted by atomic mass is 10.2. The molecule has 1 N–H and O–H groups in total. The van der Waals surface area contributed by atoms with Gasteiger partial charge in [-0.2, -0.15) is 0 Å². The Labute approximate surface area is 180 Å². The van der Waals surface area contributed by atoms with Gasteiger partial charge in [0.15, 0.2) is 5.16 Å². The lowest BCUT2D eigenvalue weighted by Gasteiger charge is -2.09. The average molecular weight is 433 g/mol. The first-order valence-electron chi connectivity index (χ1n) is 9.97. The van der Waals surface area contributed by atoms with Crippen molar-refractivity contribution in [1.82, 2.24) is 28.7 Å². The van der Waals surface area contributed by atoms with E-state index in [1.165, 1.54) is 0 Å². The van der Waals surface area contributed by atoms with Gasteiger partial charge in [-0.15, -0.1) is 16.8 Å². The quantitative estimate of drug-likeness (QED) is 0.243. The van der Waals surface area contributed by atoms with Gasteiger partial charge in [0.25, 0.3) is 5.56 Å². The lowest BCUT2D eigenvalue weighted by Crippen LogP contribution is -2.22. The molecule has 0 saturated heterocycles. The molecule has 0 bridgehead atoms. The summed E-state index contributed by atoms with van der Waals surface area (Å²) in [5.41, 5.74) is 2.33. The number of hydrogen-bond acceptors (Lipinski definition) is 5. The van der Waals surface area contributed by atoms with E-state index in [0.717, 1.165) is 33.9 Å². The molecule has 0 amide bonds. The van der Waals surface area contributed by atoms with E-state index < -0.39 is 0 Å². The van der Waals surface area contributed by atoms with E-state index in [1.54, 1.807) is 27.0 Å². The minimum absolute atomic E-state index is 0.0986. The monoisotopic (exact) mass is 432 g/mol. The summed E-state index contributed by atoms with van der Waals surface area (Å²) in [7, 11) is 0. The summed E-state index contributed by atoms with van der Waals surface area (Å²) in [4.78, 5) is 28.0. The van der Waals surface area contributed by atoms with Crippen LogP contribution in [-0.2, 0) is 13.1 Å². The number of thioether (sulfide) groups is 1. The number of nitrogens with one attached hydrogen (secondary N) is 1. The highest BCUT2D eigenvalue weighted by atomic mass is 32.2. The molecule has 0 radical (unpaired) electrons. The predicted octanol–water partition coefficient (Wildman–Crippen LogP) is 3.06. The van der Waals surface area contributed by atoms with Crippen LogP contribution in [0.3, 0.4) is 0 Å². The molecular formula is C22H20N6O2S. The summed E-state index contributed by atoms with van der Waals surface area (Å²) in [6.45, 7) is 4.72. The highest BCUT2D eigenvalue weighted by molar-refractivity contribution is 7.99. The maximum Gasteiger partial charge on any atom is 0.326 e. The second-order valence-electron chi connectivity index (χ2n) is 7.14. The van der Waals surface area contributed by atoms with Crippen molar-refractivity contribution in [3.63, 3.8) is 0 Å². The SMILES string of the molecule is C=CCn1c(=O)c2ccccc2n2c(SCCCn3c(=O)[nH]c4ccccc43)nnc12. The number of aromatic nitrogens is 6. The van der Waals surface area contributed by atoms with Crippen LogP contribution in [0.25, 0.3) is 27.7 Å². The molecule has 9 heteroatoms. The van der Waals surface area contributed by atoms with Crippen molar-refractivity contribution in [2.45, 2.75) is 24.7 Å². The zero-order valence-corrected chi connectivity index (χ0v) is 17.5. The summed E-state index contributed by atoms with van der Waals surface area (Å²) in [5, 5.41) is 9.95. The molecule has 8 nitrogen and oxygen atoms in total. The standard InChI is InChI=1S/C22H20N6O2S/c1-2-12-27-19(29)15-8-3-5-10-17(15)28-20(27)24-25-22(28)31-14-7-13-26-18-11-6-4-9-16(18)23-21(26)30/h2-6,8-11H,1,7,12-14H2,(H,23,30). The van der Waals surface area contributed by atoms with Crippen LogP contribution in [0.1, 0.15) is 6.42 Å². The van der Waals surface area contributed by atoms with E-state index in [2.05, 4.69) is 21.8 Å². The molecule has 5 aromatic rings. The minimum atomic E-state index is -0.106. The van der Waals surface area contributed by atoms with E-state index in [1.807, 2.05) is 52.9 Å². The Balaban J connectivity index is 1.43. The fourth-order valence-electron chi connectivity index (χ4n) is 3.84. The summed E-state index contributed by atoms with van der Waals surface area (Å²) in [5.74, 6) is 1.25. The molecule has 0 aliphatic carbocycles. The molecule has 31 heavy (non-hydrogen) atoms. The highest BCUT2D eigenvalue weighted by Gasteiger charge is 2.16. The molecule has 0 aliphatic heterocycles. The average Bonchev–Trinajstić information content (AvgIpc) is 3.35. The van der Waals surface area contributed by atoms with E-state index >= 15 is 0 Å². The summed E-state index contributed by atoms with van der Waals surface area (Å²) < 4.78 is 5.26. The van der Waals surface area contributed by atoms with Gasteiger partial charge in [-0.3, -0.25) is 18.3 Å². The number of hydrogen-bond donors (Lipinski definition) is 1. The van der Waals surface area contributed by atoms with E-state index in [4.69, 9.17) is 0 Å². The highest BCUT2D eigenvalue weighted by Crippen LogP contribution is 2.22. The van der Waals surface area contributed by atoms with Gasteiger partial charge < -0.3 is 4.98 Å².